The van der Waals surface area contributed by atoms with E-state index in [2.05, 4.69) is 17.2 Å². The van der Waals surface area contributed by atoms with Gasteiger partial charge in [0.15, 0.2) is 17.2 Å². The molecule has 0 aliphatic heterocycles. The van der Waals surface area contributed by atoms with Crippen LogP contribution < -0.4 is 20.5 Å². The van der Waals surface area contributed by atoms with Crippen LogP contribution in [0.15, 0.2) is 30.5 Å². The molecule has 0 bridgehead atoms. The van der Waals surface area contributed by atoms with Gasteiger partial charge in [-0.1, -0.05) is 34.8 Å². The zero-order chi connectivity index (χ0) is 21.8. The molecule has 2 aromatic carbocycles. The van der Waals surface area contributed by atoms with Crippen LogP contribution in [0.3, 0.4) is 0 Å². The number of ether oxygens (including phenoxy) is 2. The van der Waals surface area contributed by atoms with Crippen molar-refractivity contribution < 1.29 is 9.47 Å². The lowest BCUT2D eigenvalue weighted by Gasteiger charge is -2.21. The number of rotatable bonds is 8. The average molecular weight is 469 g/mol. The summed E-state index contributed by atoms with van der Waals surface area (Å²) >= 11 is 18.7. The summed E-state index contributed by atoms with van der Waals surface area (Å²) in [5, 5.41) is 5.38. The molecule has 0 spiro atoms. The van der Waals surface area contributed by atoms with Gasteiger partial charge in [0.2, 0.25) is 0 Å². The van der Waals surface area contributed by atoms with Crippen LogP contribution >= 0.6 is 34.8 Å². The number of aryl methyl sites for hydroxylation is 1. The lowest BCUT2D eigenvalue weighted by atomic mass is 10.1. The molecule has 1 unspecified atom stereocenters. The summed E-state index contributed by atoms with van der Waals surface area (Å²) < 4.78 is 11.9. The van der Waals surface area contributed by atoms with Crippen LogP contribution in [-0.4, -0.2) is 24.7 Å². The first-order valence-corrected chi connectivity index (χ1v) is 10.7. The van der Waals surface area contributed by atoms with Crippen LogP contribution in [0.2, 0.25) is 15.1 Å². The Bertz CT molecular complexity index is 1040. The fraction of sp³-hybridized carbons (Fsp3) is 0.318. The second-order valence-corrected chi connectivity index (χ2v) is 8.33. The first kappa shape index (κ1) is 22.8. The number of nitrogens with two attached hydrogens (primary N) is 1. The lowest BCUT2D eigenvalue weighted by Crippen LogP contribution is -2.17. The van der Waals surface area contributed by atoms with E-state index in [1.807, 2.05) is 19.1 Å². The molecule has 0 radical (unpaired) electrons. The number of anilines is 1. The fourth-order valence-corrected chi connectivity index (χ4v) is 4.18. The third kappa shape index (κ3) is 4.86. The van der Waals surface area contributed by atoms with E-state index in [0.29, 0.717) is 38.9 Å². The summed E-state index contributed by atoms with van der Waals surface area (Å²) in [7, 11) is 1.59. The highest BCUT2D eigenvalue weighted by atomic mass is 35.5. The molecule has 1 atom stereocenters. The van der Waals surface area contributed by atoms with Gasteiger partial charge in [-0.05, 0) is 57.0 Å². The number of hydrogen-bond donors (Lipinski definition) is 2. The standard InChI is InChI=1S/C22H24Cl3N3O2/c1-12-6-8-27-20-17(28-13(2)5-4-7-26)11-18(29-3)22(19(12)20)30-21-15(24)9-14(23)10-16(21)25/h6,8-11,13,28H,4-5,7,26H2,1-3H3. The quantitative estimate of drug-likeness (QED) is 0.378. The van der Waals surface area contributed by atoms with Crippen LogP contribution in [0.25, 0.3) is 10.9 Å². The maximum atomic E-state index is 6.35. The third-order valence-corrected chi connectivity index (χ3v) is 5.55. The summed E-state index contributed by atoms with van der Waals surface area (Å²) in [5.74, 6) is 1.33. The molecule has 0 amide bonds. The maximum Gasteiger partial charge on any atom is 0.179 e. The van der Waals surface area contributed by atoms with Crippen LogP contribution in [0.5, 0.6) is 17.2 Å². The smallest absolute Gasteiger partial charge is 0.179 e. The van der Waals surface area contributed by atoms with Gasteiger partial charge in [0.05, 0.1) is 33.7 Å². The van der Waals surface area contributed by atoms with Crippen molar-refractivity contribution in [3.05, 3.63) is 51.1 Å². The highest BCUT2D eigenvalue weighted by Gasteiger charge is 2.21. The SMILES string of the molecule is COc1cc(NC(C)CCCN)c2nccc(C)c2c1Oc1c(Cl)cc(Cl)cc1Cl. The van der Waals surface area contributed by atoms with Crippen LogP contribution in [0.4, 0.5) is 5.69 Å². The summed E-state index contributed by atoms with van der Waals surface area (Å²) in [4.78, 5) is 4.60. The van der Waals surface area contributed by atoms with E-state index in [1.54, 1.807) is 25.4 Å². The van der Waals surface area contributed by atoms with Crippen molar-refractivity contribution in [2.24, 2.45) is 5.73 Å². The van der Waals surface area contributed by atoms with Gasteiger partial charge in [0, 0.05) is 23.3 Å². The topological polar surface area (TPSA) is 69.4 Å². The first-order valence-electron chi connectivity index (χ1n) is 9.61. The lowest BCUT2D eigenvalue weighted by molar-refractivity contribution is 0.381. The van der Waals surface area contributed by atoms with Crippen LogP contribution in [0.1, 0.15) is 25.3 Å². The first-order chi connectivity index (χ1) is 14.3. The Hall–Kier alpha value is -1.92. The van der Waals surface area contributed by atoms with Crippen molar-refractivity contribution in [1.82, 2.24) is 4.98 Å². The minimum absolute atomic E-state index is 0.218. The van der Waals surface area contributed by atoms with E-state index in [-0.39, 0.29) is 6.04 Å². The van der Waals surface area contributed by atoms with Crippen molar-refractivity contribution in [1.29, 1.82) is 0 Å². The molecule has 0 aliphatic rings. The van der Waals surface area contributed by atoms with Gasteiger partial charge >= 0.3 is 0 Å². The fourth-order valence-electron chi connectivity index (χ4n) is 3.29. The molecule has 5 nitrogen and oxygen atoms in total. The highest BCUT2D eigenvalue weighted by Crippen LogP contribution is 2.47. The summed E-state index contributed by atoms with van der Waals surface area (Å²) in [6.07, 6.45) is 3.65. The molecule has 0 aliphatic carbocycles. The molecule has 3 rings (SSSR count). The van der Waals surface area contributed by atoms with Crippen molar-refractivity contribution in [3.8, 4) is 17.2 Å². The second-order valence-electron chi connectivity index (χ2n) is 7.08. The Balaban J connectivity index is 2.15. The zero-order valence-electron chi connectivity index (χ0n) is 17.1. The molecular weight excluding hydrogens is 445 g/mol. The number of nitrogens with zero attached hydrogens (tertiary/aromatic N) is 1. The number of benzene rings is 2. The van der Waals surface area contributed by atoms with E-state index in [0.717, 1.165) is 35.0 Å². The van der Waals surface area contributed by atoms with Crippen molar-refractivity contribution in [2.45, 2.75) is 32.7 Å². The van der Waals surface area contributed by atoms with E-state index < -0.39 is 0 Å². The van der Waals surface area contributed by atoms with Gasteiger partial charge in [0.25, 0.3) is 0 Å². The Kier molecular flexibility index (Phi) is 7.53. The molecule has 160 valence electrons. The van der Waals surface area contributed by atoms with Crippen molar-refractivity contribution >= 4 is 51.4 Å². The molecule has 30 heavy (non-hydrogen) atoms. The number of nitrogens with one attached hydrogen (secondary N) is 1. The van der Waals surface area contributed by atoms with Crippen LogP contribution in [-0.2, 0) is 0 Å². The van der Waals surface area contributed by atoms with Gasteiger partial charge in [-0.25, -0.2) is 0 Å². The number of pyridine rings is 1. The molecule has 0 saturated heterocycles. The van der Waals surface area contributed by atoms with Gasteiger partial charge in [-0.3, -0.25) is 4.98 Å². The minimum Gasteiger partial charge on any atom is -0.493 e. The number of fused-ring (bicyclic) bond motifs is 1. The van der Waals surface area contributed by atoms with Gasteiger partial charge in [0.1, 0.15) is 0 Å². The predicted octanol–water partition coefficient (Wildman–Crippen LogP) is 6.84. The van der Waals surface area contributed by atoms with E-state index in [9.17, 15) is 0 Å². The van der Waals surface area contributed by atoms with Crippen molar-refractivity contribution in [2.75, 3.05) is 19.0 Å². The number of methoxy groups -OCH3 is 1. The summed E-state index contributed by atoms with van der Waals surface area (Å²) in [5.41, 5.74) is 8.25. The normalized spacial score (nSPS) is 12.1. The Morgan fingerprint density at radius 3 is 2.47 bits per heavy atom. The summed E-state index contributed by atoms with van der Waals surface area (Å²) in [6, 6.07) is 7.18. The highest BCUT2D eigenvalue weighted by molar-refractivity contribution is 6.40. The Labute approximate surface area is 191 Å². The molecule has 1 aromatic heterocycles. The van der Waals surface area contributed by atoms with E-state index >= 15 is 0 Å². The largest absolute Gasteiger partial charge is 0.493 e. The molecule has 1 heterocycles. The number of halogens is 3. The van der Waals surface area contributed by atoms with Crippen molar-refractivity contribution in [3.63, 3.8) is 0 Å². The third-order valence-electron chi connectivity index (χ3n) is 4.77. The predicted molar refractivity (Wildman–Crippen MR) is 126 cm³/mol. The molecular formula is C22H24Cl3N3O2. The van der Waals surface area contributed by atoms with Gasteiger partial charge < -0.3 is 20.5 Å². The molecule has 0 fully saturated rings. The van der Waals surface area contributed by atoms with Gasteiger partial charge in [-0.2, -0.15) is 0 Å². The Morgan fingerprint density at radius 1 is 1.13 bits per heavy atom. The van der Waals surface area contributed by atoms with E-state index in [4.69, 9.17) is 50.0 Å². The Morgan fingerprint density at radius 2 is 1.83 bits per heavy atom. The zero-order valence-corrected chi connectivity index (χ0v) is 19.3. The maximum absolute atomic E-state index is 6.35. The minimum atomic E-state index is 0.218. The molecule has 3 aromatic rings. The average Bonchev–Trinajstić information content (AvgIpc) is 2.70. The number of aromatic nitrogens is 1. The molecule has 3 N–H and O–H groups in total. The molecule has 8 heteroatoms. The number of hydrogen-bond acceptors (Lipinski definition) is 5. The molecule has 0 saturated carbocycles. The van der Waals surface area contributed by atoms with Crippen LogP contribution in [0, 0.1) is 6.92 Å². The second kappa shape index (κ2) is 9.92. The van der Waals surface area contributed by atoms with Gasteiger partial charge in [-0.15, -0.1) is 0 Å². The monoisotopic (exact) mass is 467 g/mol. The van der Waals surface area contributed by atoms with E-state index in [1.165, 1.54) is 0 Å². The summed E-state index contributed by atoms with van der Waals surface area (Å²) in [6.45, 7) is 4.76.